The molecule has 5 rings (SSSR count). The van der Waals surface area contributed by atoms with Crippen molar-refractivity contribution in [3.63, 3.8) is 0 Å². The highest BCUT2D eigenvalue weighted by Gasteiger charge is 2.18. The molecule has 0 bridgehead atoms. The number of aromatic nitrogens is 4. The zero-order chi connectivity index (χ0) is 17.5. The van der Waals surface area contributed by atoms with Crippen LogP contribution in [0.5, 0.6) is 0 Å². The fourth-order valence-electron chi connectivity index (χ4n) is 3.54. The van der Waals surface area contributed by atoms with Gasteiger partial charge < -0.3 is 10.2 Å². The Hall–Kier alpha value is -3.19. The van der Waals surface area contributed by atoms with Crippen molar-refractivity contribution in [2.45, 2.75) is 0 Å². The summed E-state index contributed by atoms with van der Waals surface area (Å²) in [6.45, 7) is 3.66. The van der Waals surface area contributed by atoms with Gasteiger partial charge in [-0.3, -0.25) is 14.9 Å². The number of H-pyrrole nitrogens is 1. The molecule has 1 aliphatic rings. The standard InChI is InChI=1S/C19H18N6O/c26-19-15-12-22-17-14(6-7-21-18(17)24-10-8-20-9-11-24)16(15)23-25(19)13-4-2-1-3-5-13/h1-7,12,20,23H,8-11H2. The summed E-state index contributed by atoms with van der Waals surface area (Å²) >= 11 is 0. The number of nitrogens with one attached hydrogen (secondary N) is 2. The van der Waals surface area contributed by atoms with Crippen molar-refractivity contribution in [2.75, 3.05) is 31.1 Å². The number of anilines is 1. The molecule has 0 spiro atoms. The van der Waals surface area contributed by atoms with Gasteiger partial charge in [0, 0.05) is 44.0 Å². The molecule has 130 valence electrons. The Bertz CT molecular complexity index is 1140. The molecule has 0 radical (unpaired) electrons. The molecule has 3 aromatic heterocycles. The smallest absolute Gasteiger partial charge is 0.280 e. The molecule has 4 heterocycles. The van der Waals surface area contributed by atoms with Gasteiger partial charge in [0.15, 0.2) is 5.82 Å². The molecule has 26 heavy (non-hydrogen) atoms. The van der Waals surface area contributed by atoms with E-state index in [9.17, 15) is 4.79 Å². The quantitative estimate of drug-likeness (QED) is 0.577. The second-order valence-electron chi connectivity index (χ2n) is 6.40. The van der Waals surface area contributed by atoms with Crippen LogP contribution in [0.2, 0.25) is 0 Å². The SMILES string of the molecule is O=c1c2cnc3c(N4CCNCC4)nccc3c2[nH]n1-c1ccccc1. The van der Waals surface area contributed by atoms with Gasteiger partial charge in [0.1, 0.15) is 5.52 Å². The third kappa shape index (κ3) is 2.28. The number of hydrogen-bond acceptors (Lipinski definition) is 5. The summed E-state index contributed by atoms with van der Waals surface area (Å²) in [4.78, 5) is 24.2. The lowest BCUT2D eigenvalue weighted by molar-refractivity contribution is 0.586. The van der Waals surface area contributed by atoms with Gasteiger partial charge in [0.25, 0.3) is 5.56 Å². The van der Waals surface area contributed by atoms with Crippen molar-refractivity contribution in [3.05, 3.63) is 59.1 Å². The molecule has 7 nitrogen and oxygen atoms in total. The first-order chi connectivity index (χ1) is 12.8. The van der Waals surface area contributed by atoms with E-state index in [0.29, 0.717) is 5.39 Å². The van der Waals surface area contributed by atoms with Crippen LogP contribution in [0.25, 0.3) is 27.5 Å². The van der Waals surface area contributed by atoms with Gasteiger partial charge in [-0.15, -0.1) is 0 Å². The van der Waals surface area contributed by atoms with E-state index in [-0.39, 0.29) is 5.56 Å². The van der Waals surface area contributed by atoms with Crippen LogP contribution in [0, 0.1) is 0 Å². The number of benzene rings is 1. The average Bonchev–Trinajstić information content (AvgIpc) is 3.06. The summed E-state index contributed by atoms with van der Waals surface area (Å²) in [6, 6.07) is 11.5. The maximum atomic E-state index is 12.8. The number of piperazine rings is 1. The minimum absolute atomic E-state index is 0.0962. The van der Waals surface area contributed by atoms with E-state index in [1.54, 1.807) is 17.1 Å². The second kappa shape index (κ2) is 5.96. The Morgan fingerprint density at radius 3 is 2.58 bits per heavy atom. The van der Waals surface area contributed by atoms with E-state index in [1.165, 1.54) is 0 Å². The number of aromatic amines is 1. The van der Waals surface area contributed by atoms with Crippen molar-refractivity contribution in [3.8, 4) is 5.69 Å². The molecule has 7 heteroatoms. The molecule has 0 unspecified atom stereocenters. The summed E-state index contributed by atoms with van der Waals surface area (Å²) in [5.74, 6) is 0.874. The number of nitrogens with zero attached hydrogens (tertiary/aromatic N) is 4. The van der Waals surface area contributed by atoms with Crippen molar-refractivity contribution < 1.29 is 0 Å². The van der Waals surface area contributed by atoms with E-state index in [4.69, 9.17) is 0 Å². The molecule has 2 N–H and O–H groups in total. The minimum atomic E-state index is -0.0962. The summed E-state index contributed by atoms with van der Waals surface area (Å²) in [5.41, 5.74) is 2.32. The minimum Gasteiger partial charge on any atom is -0.352 e. The number of pyridine rings is 2. The lowest BCUT2D eigenvalue weighted by Crippen LogP contribution is -2.44. The third-order valence-electron chi connectivity index (χ3n) is 4.85. The first-order valence-corrected chi connectivity index (χ1v) is 8.72. The third-order valence-corrected chi connectivity index (χ3v) is 4.85. The van der Waals surface area contributed by atoms with E-state index < -0.39 is 0 Å². The molecule has 1 fully saturated rings. The fraction of sp³-hybridized carbons (Fsp3) is 0.211. The average molecular weight is 346 g/mol. The van der Waals surface area contributed by atoms with Gasteiger partial charge in [0.05, 0.1) is 16.6 Å². The fourth-order valence-corrected chi connectivity index (χ4v) is 3.54. The Labute approximate surface area is 149 Å². The van der Waals surface area contributed by atoms with Crippen LogP contribution in [-0.2, 0) is 0 Å². The lowest BCUT2D eigenvalue weighted by Gasteiger charge is -2.28. The molecule has 0 amide bonds. The summed E-state index contributed by atoms with van der Waals surface area (Å²) in [6.07, 6.45) is 3.45. The van der Waals surface area contributed by atoms with Crippen molar-refractivity contribution in [1.82, 2.24) is 25.1 Å². The Morgan fingerprint density at radius 1 is 0.962 bits per heavy atom. The first kappa shape index (κ1) is 15.1. The van der Waals surface area contributed by atoms with E-state index in [2.05, 4.69) is 25.3 Å². The molecule has 1 saturated heterocycles. The van der Waals surface area contributed by atoms with Crippen LogP contribution in [-0.4, -0.2) is 45.9 Å². The summed E-state index contributed by atoms with van der Waals surface area (Å²) < 4.78 is 1.57. The highest BCUT2D eigenvalue weighted by molar-refractivity contribution is 6.06. The number of rotatable bonds is 2. The zero-order valence-electron chi connectivity index (χ0n) is 14.1. The van der Waals surface area contributed by atoms with Crippen LogP contribution in [0.4, 0.5) is 5.82 Å². The predicted octanol–water partition coefficient (Wildman–Crippen LogP) is 1.67. The van der Waals surface area contributed by atoms with E-state index >= 15 is 0 Å². The number of hydrogen-bond donors (Lipinski definition) is 2. The van der Waals surface area contributed by atoms with Gasteiger partial charge in [-0.25, -0.2) is 9.67 Å². The summed E-state index contributed by atoms with van der Waals surface area (Å²) in [7, 11) is 0. The lowest BCUT2D eigenvalue weighted by atomic mass is 10.2. The van der Waals surface area contributed by atoms with Crippen LogP contribution in [0.15, 0.2) is 53.6 Å². The van der Waals surface area contributed by atoms with Gasteiger partial charge in [-0.1, -0.05) is 18.2 Å². The number of para-hydroxylation sites is 1. The van der Waals surface area contributed by atoms with Gasteiger partial charge in [-0.05, 0) is 18.2 Å². The Balaban J connectivity index is 1.74. The first-order valence-electron chi connectivity index (χ1n) is 8.72. The maximum Gasteiger partial charge on any atom is 0.280 e. The Kier molecular flexibility index (Phi) is 3.46. The molecule has 0 aliphatic carbocycles. The zero-order valence-corrected chi connectivity index (χ0v) is 14.1. The summed E-state index contributed by atoms with van der Waals surface area (Å²) in [5, 5.41) is 8.11. The van der Waals surface area contributed by atoms with Crippen LogP contribution in [0.1, 0.15) is 0 Å². The monoisotopic (exact) mass is 346 g/mol. The Morgan fingerprint density at radius 2 is 1.77 bits per heavy atom. The second-order valence-corrected chi connectivity index (χ2v) is 6.40. The largest absolute Gasteiger partial charge is 0.352 e. The van der Waals surface area contributed by atoms with E-state index in [0.717, 1.165) is 54.1 Å². The van der Waals surface area contributed by atoms with Gasteiger partial charge in [0.2, 0.25) is 0 Å². The predicted molar refractivity (Wildman–Crippen MR) is 102 cm³/mol. The van der Waals surface area contributed by atoms with Crippen molar-refractivity contribution in [2.24, 2.45) is 0 Å². The van der Waals surface area contributed by atoms with Crippen molar-refractivity contribution in [1.29, 1.82) is 0 Å². The maximum absolute atomic E-state index is 12.8. The highest BCUT2D eigenvalue weighted by Crippen LogP contribution is 2.27. The van der Waals surface area contributed by atoms with E-state index in [1.807, 2.05) is 36.4 Å². The molecule has 4 aromatic rings. The molecule has 1 aromatic carbocycles. The number of fused-ring (bicyclic) bond motifs is 3. The van der Waals surface area contributed by atoms with Gasteiger partial charge >= 0.3 is 0 Å². The van der Waals surface area contributed by atoms with Crippen LogP contribution in [0.3, 0.4) is 0 Å². The molecular formula is C19H18N6O. The van der Waals surface area contributed by atoms with Crippen LogP contribution < -0.4 is 15.8 Å². The molecule has 1 aliphatic heterocycles. The normalized spacial score (nSPS) is 15.0. The highest BCUT2D eigenvalue weighted by atomic mass is 16.1. The molecular weight excluding hydrogens is 328 g/mol. The van der Waals surface area contributed by atoms with Crippen molar-refractivity contribution >= 4 is 27.6 Å². The van der Waals surface area contributed by atoms with Crippen LogP contribution >= 0.6 is 0 Å². The molecule has 0 saturated carbocycles. The topological polar surface area (TPSA) is 78.8 Å². The van der Waals surface area contributed by atoms with Gasteiger partial charge in [-0.2, -0.15) is 0 Å². The molecule has 0 atom stereocenters.